The molecule has 0 amide bonds. The third kappa shape index (κ3) is 15.1. The van der Waals surface area contributed by atoms with Crippen LogP contribution in [-0.2, 0) is 57.3 Å². The van der Waals surface area contributed by atoms with Crippen molar-refractivity contribution in [3.05, 3.63) is 0 Å². The number of aliphatic hydroxyl groups excluding tert-OH is 1. The van der Waals surface area contributed by atoms with Crippen LogP contribution in [0.2, 0.25) is 0 Å². The molecule has 0 saturated carbocycles. The van der Waals surface area contributed by atoms with Crippen LogP contribution in [0.25, 0.3) is 0 Å². The quantitative estimate of drug-likeness (QED) is 0.0381. The number of aliphatic carboxylic acids is 4. The molecule has 0 aliphatic heterocycles. The molecule has 0 aromatic carbocycles. The number of ether oxygens (including phenoxy) is 4. The van der Waals surface area contributed by atoms with Gasteiger partial charge in [-0.2, -0.15) is 0 Å². The van der Waals surface area contributed by atoms with Crippen molar-refractivity contribution in [3.63, 3.8) is 0 Å². The maximum atomic E-state index is 12.2. The molecule has 3 atom stereocenters. The molecule has 0 aliphatic rings. The van der Waals surface area contributed by atoms with E-state index in [4.69, 9.17) is 20.4 Å². The van der Waals surface area contributed by atoms with Gasteiger partial charge in [0.25, 0.3) is 0 Å². The average Bonchev–Trinajstić information content (AvgIpc) is 2.70. The molecule has 0 radical (unpaired) electrons. The van der Waals surface area contributed by atoms with Crippen LogP contribution in [-0.4, -0.2) is 189 Å². The first-order chi connectivity index (χ1) is 17.7. The molecule has 41 heavy (non-hydrogen) atoms. The van der Waals surface area contributed by atoms with Crippen LogP contribution in [0.4, 0.5) is 9.59 Å². The Balaban J connectivity index is -0.00000722. The molecule has 21 nitrogen and oxygen atoms in total. The second kappa shape index (κ2) is 18.6. The third-order valence-corrected chi connectivity index (χ3v) is 4.15. The predicted molar refractivity (Wildman–Crippen MR) is 123 cm³/mol. The molecule has 0 aromatic rings. The first kappa shape index (κ1) is 42.6. The Labute approximate surface area is 285 Å². The molecular weight excluding hydrogens is 632 g/mol. The second-order valence-corrected chi connectivity index (χ2v) is 7.19. The second-order valence-electron chi connectivity index (χ2n) is 7.19. The number of rotatable bonds is 15. The number of carbonyl (C=O) groups is 10. The van der Waals surface area contributed by atoms with E-state index in [0.29, 0.717) is 0 Å². The zero-order valence-electron chi connectivity index (χ0n) is 19.0. The fourth-order valence-corrected chi connectivity index (χ4v) is 2.64. The van der Waals surface area contributed by atoms with Gasteiger partial charge in [0.15, 0.2) is 6.10 Å². The molecule has 23 heteroatoms. The van der Waals surface area contributed by atoms with E-state index in [-0.39, 0.29) is 75.5 Å². The summed E-state index contributed by atoms with van der Waals surface area (Å²) in [6.07, 6.45) is -15.8. The summed E-state index contributed by atoms with van der Waals surface area (Å²) in [6, 6.07) is 0. The molecule has 3 unspecified atom stereocenters. The zero-order valence-corrected chi connectivity index (χ0v) is 19.0. The third-order valence-electron chi connectivity index (χ3n) is 4.15. The minimum absolute atomic E-state index is 0. The molecule has 0 aromatic heterocycles. The first-order valence-electron chi connectivity index (χ1n) is 9.65. The summed E-state index contributed by atoms with van der Waals surface area (Å²) in [7, 11) is 0. The number of carboxylic acids is 4. The van der Waals surface area contributed by atoms with Crippen LogP contribution in [0.3, 0.4) is 0 Å². The Bertz CT molecular complexity index is 1080. The van der Waals surface area contributed by atoms with E-state index in [1.807, 2.05) is 0 Å². The molecule has 0 spiro atoms. The van der Waals surface area contributed by atoms with Crippen LogP contribution in [0, 0.1) is 0 Å². The Hall–Kier alpha value is -2.82. The van der Waals surface area contributed by atoms with Gasteiger partial charge in [0.05, 0.1) is 32.1 Å². The predicted octanol–water partition coefficient (Wildman–Crippen LogP) is -4.19. The summed E-state index contributed by atoms with van der Waals surface area (Å²) >= 11 is 0. The van der Waals surface area contributed by atoms with Gasteiger partial charge in [-0.15, -0.1) is 0 Å². The Morgan fingerprint density at radius 2 is 0.878 bits per heavy atom. The molecule has 0 rings (SSSR count). The summed E-state index contributed by atoms with van der Waals surface area (Å²) in [4.78, 5) is 114. The van der Waals surface area contributed by atoms with Crippen LogP contribution in [0.5, 0.6) is 0 Å². The van der Waals surface area contributed by atoms with Gasteiger partial charge < -0.3 is 54.7 Å². The Morgan fingerprint density at radius 3 is 1.17 bits per heavy atom. The number of carbonyl (C=O) groups excluding carboxylic acids is 4. The monoisotopic (exact) mass is 654 g/mol. The van der Waals surface area contributed by atoms with Gasteiger partial charge in [-0.1, -0.05) is 0 Å². The van der Waals surface area contributed by atoms with E-state index < -0.39 is 109 Å². The van der Waals surface area contributed by atoms with Crippen molar-refractivity contribution >= 4 is 136 Å². The van der Waals surface area contributed by atoms with E-state index in [1.165, 1.54) is 0 Å². The van der Waals surface area contributed by atoms with E-state index in [0.717, 1.165) is 0 Å². The van der Waals surface area contributed by atoms with E-state index in [1.54, 1.807) is 0 Å². The van der Waals surface area contributed by atoms with Gasteiger partial charge in [-0.3, -0.25) is 24.0 Å². The average molecular weight is 655 g/mol. The summed E-state index contributed by atoms with van der Waals surface area (Å²) in [5.41, 5.74) is -6.73. The standard InChI is InChI=1S/C18H18O21.2Ca.4H/c19-6(12(27)39-18(14(30)31,3-8(22)23)5-11(26)37-16(34)35)1-9(24)38-17(13(28)29,2-7(20)21)4-10(25)36-15(32)33;;;;;;/h6,19H,1-5H2,(H,20,21)(H,22,23)(H,28,29)(H,30,31)(H,32,33)(H,34,35);;;;;;. The maximum absolute atomic E-state index is 12.2. The first-order valence-corrected chi connectivity index (χ1v) is 9.65. The van der Waals surface area contributed by atoms with Gasteiger partial charge in [-0.25, -0.2) is 24.0 Å². The van der Waals surface area contributed by atoms with Crippen LogP contribution >= 0.6 is 0 Å². The molecule has 7 N–H and O–H groups in total. The van der Waals surface area contributed by atoms with Crippen molar-refractivity contribution in [2.24, 2.45) is 0 Å². The van der Waals surface area contributed by atoms with Gasteiger partial charge >= 0.3 is 136 Å². The van der Waals surface area contributed by atoms with Crippen LogP contribution in [0.1, 0.15) is 32.1 Å². The minimum atomic E-state index is -3.39. The number of hydrogen-bond donors (Lipinski definition) is 7. The fourth-order valence-electron chi connectivity index (χ4n) is 2.64. The number of aliphatic hydroxyl groups is 1. The normalized spacial score (nSPS) is 13.5. The van der Waals surface area contributed by atoms with Crippen LogP contribution < -0.4 is 0 Å². The summed E-state index contributed by atoms with van der Waals surface area (Å²) < 4.78 is 16.0. The Kier molecular flexibility index (Phi) is 19.3. The van der Waals surface area contributed by atoms with E-state index in [9.17, 15) is 63.3 Å². The van der Waals surface area contributed by atoms with Crippen molar-refractivity contribution in [2.45, 2.75) is 49.4 Å². The van der Waals surface area contributed by atoms with Crippen molar-refractivity contribution in [2.75, 3.05) is 0 Å². The Morgan fingerprint density at radius 1 is 0.537 bits per heavy atom. The van der Waals surface area contributed by atoms with Gasteiger partial charge in [0.1, 0.15) is 0 Å². The van der Waals surface area contributed by atoms with Crippen molar-refractivity contribution in [1.82, 2.24) is 0 Å². The SMILES string of the molecule is O=C(O)CC(CC(=O)OC(=O)O)(OC(=O)CC(O)C(=O)OC(CC(=O)O)(CC(=O)OC(=O)O)C(=O)O)C(=O)O.[CaH2].[CaH2]. The van der Waals surface area contributed by atoms with Crippen molar-refractivity contribution < 1.29 is 103 Å². The molecule has 224 valence electrons. The van der Waals surface area contributed by atoms with Crippen molar-refractivity contribution in [3.8, 4) is 0 Å². The number of hydrogen-bond acceptors (Lipinski definition) is 15. The van der Waals surface area contributed by atoms with Crippen molar-refractivity contribution in [1.29, 1.82) is 0 Å². The fraction of sp³-hybridized carbons (Fsp3) is 0.444. The molecular formula is C18H22Ca2O21. The van der Waals surface area contributed by atoms with Gasteiger partial charge in [0.2, 0.25) is 11.2 Å². The summed E-state index contributed by atoms with van der Waals surface area (Å²) in [6.45, 7) is 0. The van der Waals surface area contributed by atoms with Gasteiger partial charge in [0, 0.05) is 0 Å². The summed E-state index contributed by atoms with van der Waals surface area (Å²) in [5, 5.41) is 63.3. The number of carboxylic acid groups (broad SMARTS) is 6. The topological polar surface area (TPSA) is 349 Å². The number of esters is 4. The van der Waals surface area contributed by atoms with E-state index in [2.05, 4.69) is 18.9 Å². The molecule has 0 heterocycles. The van der Waals surface area contributed by atoms with Gasteiger partial charge in [-0.05, 0) is 0 Å². The summed E-state index contributed by atoms with van der Waals surface area (Å²) in [5.74, 6) is -16.6. The van der Waals surface area contributed by atoms with Crippen LogP contribution in [0.15, 0.2) is 0 Å². The molecule has 0 bridgehead atoms. The molecule has 0 saturated heterocycles. The zero-order chi connectivity index (χ0) is 30.7. The molecule has 0 aliphatic carbocycles. The van der Waals surface area contributed by atoms with E-state index >= 15 is 0 Å². The molecule has 0 fully saturated rings.